The molecule has 0 aliphatic rings. The zero-order valence-electron chi connectivity index (χ0n) is 12.8. The van der Waals surface area contributed by atoms with Crippen molar-refractivity contribution in [2.24, 2.45) is 5.92 Å². The first-order chi connectivity index (χ1) is 9.40. The van der Waals surface area contributed by atoms with Crippen LogP contribution in [0.25, 0.3) is 0 Å². The highest BCUT2D eigenvalue weighted by Crippen LogP contribution is 2.21. The number of benzene rings is 1. The van der Waals surface area contributed by atoms with Crippen LogP contribution in [0.2, 0.25) is 0 Å². The number of rotatable bonds is 7. The largest absolute Gasteiger partial charge is 0.483 e. The molecule has 0 heterocycles. The van der Waals surface area contributed by atoms with E-state index in [0.29, 0.717) is 12.3 Å². The van der Waals surface area contributed by atoms with Gasteiger partial charge in [-0.15, -0.1) is 0 Å². The number of nitrogens with one attached hydrogen (secondary N) is 1. The highest BCUT2D eigenvalue weighted by atomic mass is 16.5. The van der Waals surface area contributed by atoms with Gasteiger partial charge in [-0.25, -0.2) is 0 Å². The summed E-state index contributed by atoms with van der Waals surface area (Å²) < 4.78 is 5.55. The van der Waals surface area contributed by atoms with Gasteiger partial charge in [0.2, 0.25) is 0 Å². The van der Waals surface area contributed by atoms with Gasteiger partial charge in [-0.05, 0) is 37.3 Å². The fourth-order valence-corrected chi connectivity index (χ4v) is 2.07. The van der Waals surface area contributed by atoms with E-state index in [-0.39, 0.29) is 19.1 Å². The lowest BCUT2D eigenvalue weighted by atomic mass is 10.1. The Hall–Kier alpha value is -1.55. The number of amides is 1. The zero-order valence-corrected chi connectivity index (χ0v) is 12.8. The molecule has 1 unspecified atom stereocenters. The average Bonchev–Trinajstić information content (AvgIpc) is 2.35. The molecule has 1 aromatic rings. The monoisotopic (exact) mass is 279 g/mol. The van der Waals surface area contributed by atoms with Gasteiger partial charge in [-0.3, -0.25) is 4.79 Å². The third-order valence-electron chi connectivity index (χ3n) is 3.03. The van der Waals surface area contributed by atoms with Crippen LogP contribution in [0.5, 0.6) is 5.75 Å². The molecule has 4 nitrogen and oxygen atoms in total. The second kappa shape index (κ2) is 7.90. The second-order valence-electron chi connectivity index (χ2n) is 5.60. The van der Waals surface area contributed by atoms with Crippen molar-refractivity contribution < 1.29 is 14.6 Å². The molecule has 0 fully saturated rings. The number of aliphatic hydroxyl groups is 1. The smallest absolute Gasteiger partial charge is 0.258 e. The van der Waals surface area contributed by atoms with Gasteiger partial charge >= 0.3 is 0 Å². The van der Waals surface area contributed by atoms with Crippen molar-refractivity contribution in [2.45, 2.75) is 40.2 Å². The number of hydrogen-bond donors (Lipinski definition) is 2. The Morgan fingerprint density at radius 2 is 1.90 bits per heavy atom. The first-order valence-corrected chi connectivity index (χ1v) is 7.04. The van der Waals surface area contributed by atoms with Crippen molar-refractivity contribution in [3.63, 3.8) is 0 Å². The molecule has 0 aliphatic heterocycles. The zero-order chi connectivity index (χ0) is 15.1. The van der Waals surface area contributed by atoms with Crippen LogP contribution in [-0.4, -0.2) is 30.3 Å². The van der Waals surface area contributed by atoms with E-state index in [2.05, 4.69) is 5.32 Å². The molecule has 0 bridgehead atoms. The Morgan fingerprint density at radius 1 is 1.30 bits per heavy atom. The normalized spacial score (nSPS) is 12.3. The van der Waals surface area contributed by atoms with Gasteiger partial charge in [0.15, 0.2) is 6.61 Å². The van der Waals surface area contributed by atoms with E-state index in [1.54, 1.807) is 0 Å². The maximum atomic E-state index is 11.7. The van der Waals surface area contributed by atoms with E-state index < -0.39 is 6.10 Å². The third kappa shape index (κ3) is 5.61. The number of carbonyl (C=O) groups is 1. The van der Waals surface area contributed by atoms with Crippen LogP contribution < -0.4 is 10.1 Å². The molecule has 0 saturated carbocycles. The lowest BCUT2D eigenvalue weighted by molar-refractivity contribution is -0.123. The molecule has 2 N–H and O–H groups in total. The molecule has 1 rings (SSSR count). The molecule has 4 heteroatoms. The summed E-state index contributed by atoms with van der Waals surface area (Å²) in [7, 11) is 0. The number of aliphatic hydroxyl groups excluding tert-OH is 1. The lowest BCUT2D eigenvalue weighted by Gasteiger charge is -2.15. The number of ether oxygens (including phenoxy) is 1. The molecular weight excluding hydrogens is 254 g/mol. The van der Waals surface area contributed by atoms with E-state index >= 15 is 0 Å². The van der Waals surface area contributed by atoms with Crippen LogP contribution in [-0.2, 0) is 4.79 Å². The first-order valence-electron chi connectivity index (χ1n) is 7.04. The molecule has 0 saturated heterocycles. The molecule has 0 aliphatic carbocycles. The van der Waals surface area contributed by atoms with Gasteiger partial charge < -0.3 is 15.2 Å². The molecule has 0 radical (unpaired) electrons. The van der Waals surface area contributed by atoms with E-state index in [1.165, 1.54) is 0 Å². The van der Waals surface area contributed by atoms with Crippen molar-refractivity contribution in [3.8, 4) is 5.75 Å². The van der Waals surface area contributed by atoms with Crippen molar-refractivity contribution >= 4 is 5.91 Å². The number of hydrogen-bond acceptors (Lipinski definition) is 3. The third-order valence-corrected chi connectivity index (χ3v) is 3.03. The maximum Gasteiger partial charge on any atom is 0.258 e. The van der Waals surface area contributed by atoms with Crippen LogP contribution in [0, 0.1) is 19.8 Å². The van der Waals surface area contributed by atoms with Gasteiger partial charge in [-0.2, -0.15) is 0 Å². The van der Waals surface area contributed by atoms with E-state index in [4.69, 9.17) is 4.74 Å². The van der Waals surface area contributed by atoms with Crippen LogP contribution in [0.1, 0.15) is 31.4 Å². The van der Waals surface area contributed by atoms with Gasteiger partial charge in [-0.1, -0.05) is 32.0 Å². The Labute approximate surface area is 121 Å². The lowest BCUT2D eigenvalue weighted by Crippen LogP contribution is -2.35. The summed E-state index contributed by atoms with van der Waals surface area (Å²) in [6.07, 6.45) is 0.178. The number of carbonyl (C=O) groups excluding carboxylic acids is 1. The highest BCUT2D eigenvalue weighted by Gasteiger charge is 2.10. The van der Waals surface area contributed by atoms with Gasteiger partial charge in [0, 0.05) is 6.54 Å². The summed E-state index contributed by atoms with van der Waals surface area (Å²) >= 11 is 0. The summed E-state index contributed by atoms with van der Waals surface area (Å²) in [4.78, 5) is 11.7. The standard InChI is InChI=1S/C16H25NO3/c1-11(2)8-14(18)9-17-15(19)10-20-16-12(3)6-5-7-13(16)4/h5-7,11,14,18H,8-10H2,1-4H3,(H,17,19). The second-order valence-corrected chi connectivity index (χ2v) is 5.60. The van der Waals surface area contributed by atoms with E-state index in [9.17, 15) is 9.90 Å². The fraction of sp³-hybridized carbons (Fsp3) is 0.562. The van der Waals surface area contributed by atoms with Gasteiger partial charge in [0.1, 0.15) is 5.75 Å². The highest BCUT2D eigenvalue weighted by molar-refractivity contribution is 5.77. The number of aryl methyl sites for hydroxylation is 2. The maximum absolute atomic E-state index is 11.7. The van der Waals surface area contributed by atoms with E-state index in [0.717, 1.165) is 16.9 Å². The Morgan fingerprint density at radius 3 is 2.45 bits per heavy atom. The molecule has 0 spiro atoms. The summed E-state index contributed by atoms with van der Waals surface area (Å²) in [5.41, 5.74) is 2.02. The minimum Gasteiger partial charge on any atom is -0.483 e. The summed E-state index contributed by atoms with van der Waals surface area (Å²) in [6, 6.07) is 5.86. The predicted molar refractivity (Wildman–Crippen MR) is 79.9 cm³/mol. The van der Waals surface area contributed by atoms with Crippen molar-refractivity contribution in [3.05, 3.63) is 29.3 Å². The molecule has 1 aromatic carbocycles. The number of para-hydroxylation sites is 1. The Balaban J connectivity index is 2.37. The molecule has 20 heavy (non-hydrogen) atoms. The quantitative estimate of drug-likeness (QED) is 0.804. The average molecular weight is 279 g/mol. The summed E-state index contributed by atoms with van der Waals surface area (Å²) in [5.74, 6) is 0.952. The Kier molecular flexibility index (Phi) is 6.52. The van der Waals surface area contributed by atoms with Crippen LogP contribution in [0.15, 0.2) is 18.2 Å². The first kappa shape index (κ1) is 16.5. The predicted octanol–water partition coefficient (Wildman–Crippen LogP) is 2.21. The van der Waals surface area contributed by atoms with Gasteiger partial charge in [0.25, 0.3) is 5.91 Å². The van der Waals surface area contributed by atoms with Crippen molar-refractivity contribution in [2.75, 3.05) is 13.2 Å². The fourth-order valence-electron chi connectivity index (χ4n) is 2.07. The van der Waals surface area contributed by atoms with E-state index in [1.807, 2.05) is 45.9 Å². The minimum atomic E-state index is -0.501. The summed E-state index contributed by atoms with van der Waals surface area (Å²) in [5, 5.41) is 12.4. The molecule has 0 aromatic heterocycles. The van der Waals surface area contributed by atoms with Crippen LogP contribution in [0.4, 0.5) is 0 Å². The minimum absolute atomic E-state index is 0.0277. The molecular formula is C16H25NO3. The SMILES string of the molecule is Cc1cccc(C)c1OCC(=O)NCC(O)CC(C)C. The van der Waals surface area contributed by atoms with Crippen LogP contribution >= 0.6 is 0 Å². The van der Waals surface area contributed by atoms with Gasteiger partial charge in [0.05, 0.1) is 6.10 Å². The Bertz CT molecular complexity index is 423. The molecule has 112 valence electrons. The molecule has 1 atom stereocenters. The van der Waals surface area contributed by atoms with Crippen molar-refractivity contribution in [1.82, 2.24) is 5.32 Å². The van der Waals surface area contributed by atoms with Crippen molar-refractivity contribution in [1.29, 1.82) is 0 Å². The molecule has 1 amide bonds. The van der Waals surface area contributed by atoms with Crippen LogP contribution in [0.3, 0.4) is 0 Å². The summed E-state index contributed by atoms with van der Waals surface area (Å²) in [6.45, 7) is 8.22. The topological polar surface area (TPSA) is 58.6 Å².